The zero-order valence-corrected chi connectivity index (χ0v) is 13.4. The topological polar surface area (TPSA) is 39.7 Å². The molecule has 4 nitrogen and oxygen atoms in total. The van der Waals surface area contributed by atoms with Crippen LogP contribution in [0.4, 0.5) is 0 Å². The Balaban J connectivity index is 2.32. The van der Waals surface area contributed by atoms with E-state index in [2.05, 4.69) is 30.4 Å². The summed E-state index contributed by atoms with van der Waals surface area (Å²) in [6.45, 7) is 8.98. The van der Waals surface area contributed by atoms with E-state index in [0.29, 0.717) is 13.2 Å². The quantitative estimate of drug-likeness (QED) is 0.748. The highest BCUT2D eigenvalue weighted by Crippen LogP contribution is 2.35. The molecule has 2 rings (SSSR count). The van der Waals surface area contributed by atoms with Gasteiger partial charge in [0.2, 0.25) is 0 Å². The van der Waals surface area contributed by atoms with E-state index in [1.165, 1.54) is 5.56 Å². The van der Waals surface area contributed by atoms with Gasteiger partial charge in [0, 0.05) is 18.8 Å². The number of ether oxygens (including phenoxy) is 3. The molecule has 1 N–H and O–H groups in total. The Morgan fingerprint density at radius 3 is 2.62 bits per heavy atom. The number of aryl methyl sites for hydroxylation is 1. The number of likely N-dealkylation sites (N-methyl/N-ethyl adjacent to an activating group) is 1. The van der Waals surface area contributed by atoms with Gasteiger partial charge in [0.15, 0.2) is 6.29 Å². The number of rotatable bonds is 8. The zero-order chi connectivity index (χ0) is 15.1. The van der Waals surface area contributed by atoms with Crippen LogP contribution in [-0.2, 0) is 15.9 Å². The second-order valence-electron chi connectivity index (χ2n) is 5.10. The Kier molecular flexibility index (Phi) is 6.49. The third-order valence-corrected chi connectivity index (χ3v) is 3.66. The van der Waals surface area contributed by atoms with Crippen molar-refractivity contribution in [1.82, 2.24) is 5.32 Å². The zero-order valence-electron chi connectivity index (χ0n) is 13.4. The van der Waals surface area contributed by atoms with Crippen molar-refractivity contribution >= 4 is 0 Å². The Labute approximate surface area is 127 Å². The normalized spacial score (nSPS) is 15.6. The lowest BCUT2D eigenvalue weighted by atomic mass is 9.97. The van der Waals surface area contributed by atoms with Crippen molar-refractivity contribution in [2.45, 2.75) is 45.9 Å². The summed E-state index contributed by atoms with van der Waals surface area (Å²) in [5.41, 5.74) is 2.43. The molecule has 0 fully saturated rings. The Morgan fingerprint density at radius 2 is 1.95 bits per heavy atom. The van der Waals surface area contributed by atoms with Gasteiger partial charge in [-0.25, -0.2) is 0 Å². The van der Waals surface area contributed by atoms with Gasteiger partial charge in [-0.2, -0.15) is 0 Å². The lowest BCUT2D eigenvalue weighted by Crippen LogP contribution is -2.36. The molecule has 1 aromatic rings. The first-order valence-corrected chi connectivity index (χ1v) is 8.02. The first-order valence-electron chi connectivity index (χ1n) is 8.02. The highest BCUT2D eigenvalue weighted by atomic mass is 16.7. The largest absolute Gasteiger partial charge is 0.493 e. The molecule has 0 spiro atoms. The molecule has 1 aliphatic rings. The smallest absolute Gasteiger partial charge is 0.176 e. The molecule has 0 aliphatic carbocycles. The average molecular weight is 293 g/mol. The fourth-order valence-electron chi connectivity index (χ4n) is 2.80. The number of para-hydroxylation sites is 1. The summed E-state index contributed by atoms with van der Waals surface area (Å²) in [5.74, 6) is 1.01. The van der Waals surface area contributed by atoms with Gasteiger partial charge in [0.1, 0.15) is 5.75 Å². The van der Waals surface area contributed by atoms with Crippen LogP contribution >= 0.6 is 0 Å². The fraction of sp³-hybridized carbons (Fsp3) is 0.647. The summed E-state index contributed by atoms with van der Waals surface area (Å²) >= 11 is 0. The number of fused-ring (bicyclic) bond motifs is 1. The standard InChI is InChI=1S/C17H27NO3/c1-4-18-15(17(19-5-2)20-6-3)14-11-7-9-13-10-8-12-21-16(13)14/h7,9,11,15,17-18H,4-6,8,10,12H2,1-3H3. The fourth-order valence-corrected chi connectivity index (χ4v) is 2.80. The van der Waals surface area contributed by atoms with Gasteiger partial charge in [0.05, 0.1) is 12.6 Å². The van der Waals surface area contributed by atoms with Crippen LogP contribution in [0, 0.1) is 0 Å². The van der Waals surface area contributed by atoms with Gasteiger partial charge < -0.3 is 19.5 Å². The van der Waals surface area contributed by atoms with E-state index in [1.54, 1.807) is 0 Å². The molecular weight excluding hydrogens is 266 g/mol. The molecule has 0 amide bonds. The van der Waals surface area contributed by atoms with Crippen LogP contribution in [-0.4, -0.2) is 32.7 Å². The van der Waals surface area contributed by atoms with Crippen molar-refractivity contribution in [3.63, 3.8) is 0 Å². The van der Waals surface area contributed by atoms with E-state index in [4.69, 9.17) is 14.2 Å². The van der Waals surface area contributed by atoms with Gasteiger partial charge in [-0.3, -0.25) is 0 Å². The van der Waals surface area contributed by atoms with Crippen molar-refractivity contribution in [1.29, 1.82) is 0 Å². The van der Waals surface area contributed by atoms with Crippen LogP contribution in [0.2, 0.25) is 0 Å². The molecule has 0 saturated heterocycles. The third-order valence-electron chi connectivity index (χ3n) is 3.66. The van der Waals surface area contributed by atoms with E-state index in [9.17, 15) is 0 Å². The van der Waals surface area contributed by atoms with Gasteiger partial charge in [-0.15, -0.1) is 0 Å². The van der Waals surface area contributed by atoms with Crippen LogP contribution in [0.5, 0.6) is 5.75 Å². The highest BCUT2D eigenvalue weighted by molar-refractivity contribution is 5.44. The van der Waals surface area contributed by atoms with E-state index in [-0.39, 0.29) is 12.3 Å². The molecule has 1 aliphatic heterocycles. The number of hydrogen-bond donors (Lipinski definition) is 1. The lowest BCUT2D eigenvalue weighted by Gasteiger charge is -2.30. The summed E-state index contributed by atoms with van der Waals surface area (Å²) < 4.78 is 17.5. The van der Waals surface area contributed by atoms with Gasteiger partial charge in [0.25, 0.3) is 0 Å². The van der Waals surface area contributed by atoms with E-state index >= 15 is 0 Å². The van der Waals surface area contributed by atoms with Crippen LogP contribution in [0.1, 0.15) is 44.4 Å². The van der Waals surface area contributed by atoms with Gasteiger partial charge in [-0.05, 0) is 38.8 Å². The van der Waals surface area contributed by atoms with Crippen molar-refractivity contribution in [3.05, 3.63) is 29.3 Å². The van der Waals surface area contributed by atoms with Crippen LogP contribution < -0.4 is 10.1 Å². The number of benzene rings is 1. The molecule has 1 aromatic carbocycles. The third kappa shape index (κ3) is 3.96. The predicted octanol–water partition coefficient (Wildman–Crippen LogP) is 3.06. The average Bonchev–Trinajstić information content (AvgIpc) is 2.52. The second kappa shape index (κ2) is 8.37. The molecule has 0 radical (unpaired) electrons. The minimum Gasteiger partial charge on any atom is -0.493 e. The van der Waals surface area contributed by atoms with Crippen molar-refractivity contribution < 1.29 is 14.2 Å². The number of hydrogen-bond acceptors (Lipinski definition) is 4. The molecule has 1 atom stereocenters. The molecule has 1 heterocycles. The van der Waals surface area contributed by atoms with Crippen molar-refractivity contribution in [2.24, 2.45) is 0 Å². The SMILES string of the molecule is CCNC(c1cccc2c1OCCC2)C(OCC)OCC. The Morgan fingerprint density at radius 1 is 1.19 bits per heavy atom. The van der Waals surface area contributed by atoms with Crippen molar-refractivity contribution in [2.75, 3.05) is 26.4 Å². The maximum absolute atomic E-state index is 5.94. The van der Waals surface area contributed by atoms with Gasteiger partial charge in [-0.1, -0.05) is 25.1 Å². The summed E-state index contributed by atoms with van der Waals surface area (Å²) in [4.78, 5) is 0. The first-order chi connectivity index (χ1) is 10.3. The van der Waals surface area contributed by atoms with Crippen LogP contribution in [0.15, 0.2) is 18.2 Å². The molecule has 1 unspecified atom stereocenters. The summed E-state index contributed by atoms with van der Waals surface area (Å²) in [6.07, 6.45) is 1.87. The molecule has 0 bridgehead atoms. The first kappa shape index (κ1) is 16.3. The van der Waals surface area contributed by atoms with E-state index < -0.39 is 0 Å². The minimum atomic E-state index is -0.294. The van der Waals surface area contributed by atoms with Crippen LogP contribution in [0.25, 0.3) is 0 Å². The maximum Gasteiger partial charge on any atom is 0.176 e. The molecule has 21 heavy (non-hydrogen) atoms. The summed E-state index contributed by atoms with van der Waals surface area (Å²) in [5, 5.41) is 3.49. The van der Waals surface area contributed by atoms with Crippen molar-refractivity contribution in [3.8, 4) is 5.75 Å². The minimum absolute atomic E-state index is 0.0112. The van der Waals surface area contributed by atoms with E-state index in [1.807, 2.05) is 13.8 Å². The monoisotopic (exact) mass is 293 g/mol. The summed E-state index contributed by atoms with van der Waals surface area (Å²) in [7, 11) is 0. The lowest BCUT2D eigenvalue weighted by molar-refractivity contribution is -0.155. The Hall–Kier alpha value is -1.10. The Bertz CT molecular complexity index is 430. The maximum atomic E-state index is 5.94. The molecular formula is C17H27NO3. The molecule has 4 heteroatoms. The highest BCUT2D eigenvalue weighted by Gasteiger charge is 2.28. The predicted molar refractivity (Wildman–Crippen MR) is 83.7 cm³/mol. The second-order valence-corrected chi connectivity index (χ2v) is 5.10. The van der Waals surface area contributed by atoms with Gasteiger partial charge >= 0.3 is 0 Å². The summed E-state index contributed by atoms with van der Waals surface area (Å²) in [6, 6.07) is 6.35. The number of nitrogens with one attached hydrogen (secondary N) is 1. The molecule has 0 saturated carbocycles. The van der Waals surface area contributed by atoms with Crippen LogP contribution in [0.3, 0.4) is 0 Å². The molecule has 0 aromatic heterocycles. The van der Waals surface area contributed by atoms with E-state index in [0.717, 1.165) is 37.3 Å². The molecule has 118 valence electrons.